The number of carbonyl (C=O) groups is 2. The van der Waals surface area contributed by atoms with Gasteiger partial charge in [-0.15, -0.1) is 0 Å². The highest BCUT2D eigenvalue weighted by molar-refractivity contribution is 6.01. The number of hydrogen-bond acceptors (Lipinski definition) is 4. The number of carbonyl (C=O) groups excluding carboxylic acids is 2. The van der Waals surface area contributed by atoms with Crippen molar-refractivity contribution >= 4 is 17.5 Å². The Hall–Kier alpha value is -2.08. The minimum atomic E-state index is -0.291. The van der Waals surface area contributed by atoms with Crippen LogP contribution in [0.1, 0.15) is 32.6 Å². The van der Waals surface area contributed by atoms with Crippen LogP contribution >= 0.6 is 0 Å². The number of rotatable bonds is 6. The largest absolute Gasteiger partial charge is 0.495 e. The number of nitrogens with zero attached hydrogens (tertiary/aromatic N) is 2. The van der Waals surface area contributed by atoms with Gasteiger partial charge in [0.25, 0.3) is 0 Å². The van der Waals surface area contributed by atoms with Gasteiger partial charge in [-0.25, -0.2) is 0 Å². The van der Waals surface area contributed by atoms with E-state index in [9.17, 15) is 9.59 Å². The van der Waals surface area contributed by atoms with E-state index in [1.54, 1.807) is 12.0 Å². The van der Waals surface area contributed by atoms with Crippen LogP contribution in [0.5, 0.6) is 5.75 Å². The van der Waals surface area contributed by atoms with Gasteiger partial charge in [-0.1, -0.05) is 19.1 Å². The molecular weight excluding hydrogens is 330 g/mol. The second kappa shape index (κ2) is 8.54. The molecule has 0 radical (unpaired) electrons. The van der Waals surface area contributed by atoms with Crippen molar-refractivity contribution < 1.29 is 14.3 Å². The summed E-state index contributed by atoms with van der Waals surface area (Å²) in [5, 5.41) is 3.17. The Morgan fingerprint density at radius 2 is 2.00 bits per heavy atom. The molecule has 1 atom stereocenters. The second-order valence-corrected chi connectivity index (χ2v) is 7.20. The highest BCUT2D eigenvalue weighted by Crippen LogP contribution is 2.32. The smallest absolute Gasteiger partial charge is 0.227 e. The standard InChI is InChI=1S/C20H29N3O3/c1-3-10-22-11-8-16(9-12-22)21-20(25)15-13-19(24)23(14-15)17-6-4-5-7-18(17)26-2/h4-7,15-16H,3,8-14H2,1-2H3,(H,21,25). The molecule has 2 amide bonds. The summed E-state index contributed by atoms with van der Waals surface area (Å²) in [6.07, 6.45) is 3.41. The molecule has 2 aliphatic rings. The van der Waals surface area contributed by atoms with Crippen LogP contribution in [-0.2, 0) is 9.59 Å². The van der Waals surface area contributed by atoms with Crippen molar-refractivity contribution in [3.8, 4) is 5.75 Å². The monoisotopic (exact) mass is 359 g/mol. The van der Waals surface area contributed by atoms with Crippen LogP contribution in [0, 0.1) is 5.92 Å². The average Bonchev–Trinajstić information content (AvgIpc) is 3.05. The number of amides is 2. The van der Waals surface area contributed by atoms with Crippen molar-refractivity contribution in [1.29, 1.82) is 0 Å². The van der Waals surface area contributed by atoms with Gasteiger partial charge < -0.3 is 19.9 Å². The fourth-order valence-corrected chi connectivity index (χ4v) is 3.90. The molecule has 0 bridgehead atoms. The summed E-state index contributed by atoms with van der Waals surface area (Å²) in [7, 11) is 1.59. The third kappa shape index (κ3) is 4.18. The fraction of sp³-hybridized carbons (Fsp3) is 0.600. The number of benzene rings is 1. The number of ether oxygens (including phenoxy) is 1. The van der Waals surface area contributed by atoms with Crippen LogP contribution in [0.3, 0.4) is 0 Å². The van der Waals surface area contributed by atoms with Crippen LogP contribution in [-0.4, -0.2) is 56.0 Å². The van der Waals surface area contributed by atoms with E-state index in [0.717, 1.165) is 38.2 Å². The fourth-order valence-electron chi connectivity index (χ4n) is 3.90. The first kappa shape index (κ1) is 18.7. The lowest BCUT2D eigenvalue weighted by Crippen LogP contribution is -2.46. The summed E-state index contributed by atoms with van der Waals surface area (Å²) >= 11 is 0. The van der Waals surface area contributed by atoms with E-state index >= 15 is 0 Å². The Morgan fingerprint density at radius 1 is 1.27 bits per heavy atom. The molecule has 1 N–H and O–H groups in total. The van der Waals surface area contributed by atoms with Gasteiger partial charge in [-0.3, -0.25) is 9.59 Å². The zero-order valence-corrected chi connectivity index (χ0v) is 15.7. The molecule has 2 heterocycles. The Balaban J connectivity index is 1.56. The minimum absolute atomic E-state index is 0.00434. The Morgan fingerprint density at radius 3 is 2.69 bits per heavy atom. The lowest BCUT2D eigenvalue weighted by Gasteiger charge is -2.32. The van der Waals surface area contributed by atoms with Gasteiger partial charge >= 0.3 is 0 Å². The average molecular weight is 359 g/mol. The van der Waals surface area contributed by atoms with Gasteiger partial charge in [-0.05, 0) is 37.9 Å². The van der Waals surface area contributed by atoms with Gasteiger partial charge in [0, 0.05) is 32.1 Å². The van der Waals surface area contributed by atoms with Gasteiger partial charge in [0.05, 0.1) is 18.7 Å². The molecule has 2 aliphatic heterocycles. The normalized spacial score (nSPS) is 21.8. The third-order valence-corrected chi connectivity index (χ3v) is 5.35. The molecule has 0 aromatic heterocycles. The highest BCUT2D eigenvalue weighted by atomic mass is 16.5. The van der Waals surface area contributed by atoms with Crippen LogP contribution in [0.25, 0.3) is 0 Å². The lowest BCUT2D eigenvalue weighted by molar-refractivity contribution is -0.127. The van der Waals surface area contributed by atoms with Crippen molar-refractivity contribution in [3.63, 3.8) is 0 Å². The highest BCUT2D eigenvalue weighted by Gasteiger charge is 2.37. The second-order valence-electron chi connectivity index (χ2n) is 7.20. The predicted molar refractivity (Wildman–Crippen MR) is 101 cm³/mol. The molecule has 2 fully saturated rings. The molecule has 26 heavy (non-hydrogen) atoms. The van der Waals surface area contributed by atoms with Crippen LogP contribution in [0.15, 0.2) is 24.3 Å². The van der Waals surface area contributed by atoms with E-state index < -0.39 is 0 Å². The van der Waals surface area contributed by atoms with Crippen LogP contribution in [0.2, 0.25) is 0 Å². The van der Waals surface area contributed by atoms with Gasteiger partial charge in [0.1, 0.15) is 5.75 Å². The molecule has 0 saturated carbocycles. The molecule has 1 aromatic rings. The maximum Gasteiger partial charge on any atom is 0.227 e. The first-order valence-corrected chi connectivity index (χ1v) is 9.58. The van der Waals surface area contributed by atoms with Crippen molar-refractivity contribution in [2.24, 2.45) is 5.92 Å². The van der Waals surface area contributed by atoms with Crippen molar-refractivity contribution in [2.45, 2.75) is 38.6 Å². The zero-order valence-electron chi connectivity index (χ0n) is 15.7. The third-order valence-electron chi connectivity index (χ3n) is 5.35. The zero-order chi connectivity index (χ0) is 18.5. The Bertz CT molecular complexity index is 641. The first-order chi connectivity index (χ1) is 12.6. The Kier molecular flexibility index (Phi) is 6.14. The molecule has 1 unspecified atom stereocenters. The van der Waals surface area contributed by atoms with E-state index in [1.165, 1.54) is 6.42 Å². The molecule has 0 spiro atoms. The van der Waals surface area contributed by atoms with E-state index in [1.807, 2.05) is 24.3 Å². The SMILES string of the molecule is CCCN1CCC(NC(=O)C2CC(=O)N(c3ccccc3OC)C2)CC1. The molecule has 6 nitrogen and oxygen atoms in total. The number of likely N-dealkylation sites (tertiary alicyclic amines) is 1. The summed E-state index contributed by atoms with van der Waals surface area (Å²) in [5.74, 6) is 0.350. The van der Waals surface area contributed by atoms with Gasteiger partial charge in [0.2, 0.25) is 11.8 Å². The summed E-state index contributed by atoms with van der Waals surface area (Å²) in [5.41, 5.74) is 0.739. The van der Waals surface area contributed by atoms with E-state index in [-0.39, 0.29) is 30.2 Å². The summed E-state index contributed by atoms with van der Waals surface area (Å²) in [6, 6.07) is 7.67. The number of methoxy groups -OCH3 is 1. The quantitative estimate of drug-likeness (QED) is 0.844. The number of nitrogens with one attached hydrogen (secondary N) is 1. The molecule has 6 heteroatoms. The van der Waals surface area contributed by atoms with E-state index in [2.05, 4.69) is 17.1 Å². The van der Waals surface area contributed by atoms with E-state index in [4.69, 9.17) is 4.74 Å². The molecule has 0 aliphatic carbocycles. The summed E-state index contributed by atoms with van der Waals surface area (Å²) in [6.45, 7) is 5.81. The molecule has 1 aromatic carbocycles. The number of para-hydroxylation sites is 2. The Labute approximate surface area is 155 Å². The topological polar surface area (TPSA) is 61.9 Å². The lowest BCUT2D eigenvalue weighted by atomic mass is 10.0. The number of piperidine rings is 1. The van der Waals surface area contributed by atoms with Crippen LogP contribution in [0.4, 0.5) is 5.69 Å². The molecule has 142 valence electrons. The van der Waals surface area contributed by atoms with Crippen molar-refractivity contribution in [3.05, 3.63) is 24.3 Å². The van der Waals surface area contributed by atoms with Gasteiger partial charge in [0.15, 0.2) is 0 Å². The number of anilines is 1. The summed E-state index contributed by atoms with van der Waals surface area (Å²) < 4.78 is 5.35. The van der Waals surface area contributed by atoms with E-state index in [0.29, 0.717) is 12.3 Å². The minimum Gasteiger partial charge on any atom is -0.495 e. The summed E-state index contributed by atoms with van der Waals surface area (Å²) in [4.78, 5) is 29.2. The molecule has 3 rings (SSSR count). The first-order valence-electron chi connectivity index (χ1n) is 9.58. The molecule has 2 saturated heterocycles. The van der Waals surface area contributed by atoms with Crippen molar-refractivity contribution in [2.75, 3.05) is 38.2 Å². The molecular formula is C20H29N3O3. The maximum atomic E-state index is 12.7. The predicted octanol–water partition coefficient (Wildman–Crippen LogP) is 2.04. The maximum absolute atomic E-state index is 12.7. The van der Waals surface area contributed by atoms with Gasteiger partial charge in [-0.2, -0.15) is 0 Å². The number of hydrogen-bond donors (Lipinski definition) is 1. The van der Waals surface area contributed by atoms with Crippen LogP contribution < -0.4 is 15.0 Å². The van der Waals surface area contributed by atoms with Crippen molar-refractivity contribution in [1.82, 2.24) is 10.2 Å².